The molecule has 0 amide bonds. The van der Waals surface area contributed by atoms with Crippen LogP contribution in [-0.2, 0) is 18.4 Å². The third kappa shape index (κ3) is 3.15. The van der Waals surface area contributed by atoms with Gasteiger partial charge in [0.2, 0.25) is 0 Å². The van der Waals surface area contributed by atoms with Gasteiger partial charge in [-0.25, -0.2) is 9.50 Å². The fourth-order valence-corrected chi connectivity index (χ4v) is 4.04. The van der Waals surface area contributed by atoms with Crippen molar-refractivity contribution in [3.05, 3.63) is 40.0 Å². The molecule has 3 aromatic heterocycles. The molecule has 0 unspecified atom stereocenters. The van der Waals surface area contributed by atoms with E-state index in [-0.39, 0.29) is 12.1 Å². The molecule has 3 heterocycles. The number of aliphatic hydroxyl groups is 1. The van der Waals surface area contributed by atoms with Crippen LogP contribution in [0.25, 0.3) is 5.65 Å². The van der Waals surface area contributed by atoms with Crippen LogP contribution in [0.4, 0.5) is 5.82 Å². The number of hydrogen-bond donors (Lipinski definition) is 2. The molecule has 1 fully saturated rings. The third-order valence-corrected chi connectivity index (χ3v) is 5.94. The summed E-state index contributed by atoms with van der Waals surface area (Å²) in [6.45, 7) is 8.74. The quantitative estimate of drug-likeness (QED) is 0.639. The van der Waals surface area contributed by atoms with Gasteiger partial charge in [0, 0.05) is 24.2 Å². The van der Waals surface area contributed by atoms with Gasteiger partial charge in [-0.05, 0) is 46.1 Å². The van der Waals surface area contributed by atoms with Gasteiger partial charge in [-0.3, -0.25) is 4.68 Å². The summed E-state index contributed by atoms with van der Waals surface area (Å²) in [6.07, 6.45) is 3.51. The minimum absolute atomic E-state index is 0.131. The lowest BCUT2D eigenvalue weighted by atomic mass is 10.2. The maximum absolute atomic E-state index is 9.66. The van der Waals surface area contributed by atoms with Crippen LogP contribution in [0, 0.1) is 32.1 Å². The topological polar surface area (TPSA) is 104 Å². The highest BCUT2D eigenvalue weighted by atomic mass is 16.3. The van der Waals surface area contributed by atoms with E-state index in [0.717, 1.165) is 53.2 Å². The molecule has 0 atom stereocenters. The summed E-state index contributed by atoms with van der Waals surface area (Å²) < 4.78 is 3.74. The standard InChI is InChI=1S/C21H27N7O/c1-5-17-14(3)25-27-15(4)18(11-22)19(24-20(17)27)23-9-6-16-10-13(2)28(26-16)21(12-29)7-8-21/h10,29H,5-9,12H2,1-4H3,(H,23,24). The summed E-state index contributed by atoms with van der Waals surface area (Å²) in [6, 6.07) is 4.34. The van der Waals surface area contributed by atoms with E-state index in [1.807, 2.05) is 25.5 Å². The van der Waals surface area contributed by atoms with Gasteiger partial charge in [0.25, 0.3) is 0 Å². The second kappa shape index (κ2) is 7.16. The molecule has 8 nitrogen and oxygen atoms in total. The fraction of sp³-hybridized carbons (Fsp3) is 0.524. The molecule has 0 aromatic carbocycles. The average Bonchev–Trinajstić information content (AvgIpc) is 3.31. The van der Waals surface area contributed by atoms with Crippen LogP contribution in [0.5, 0.6) is 0 Å². The molecule has 3 aromatic rings. The van der Waals surface area contributed by atoms with E-state index in [4.69, 9.17) is 10.1 Å². The lowest BCUT2D eigenvalue weighted by Gasteiger charge is -2.14. The Morgan fingerprint density at radius 3 is 2.66 bits per heavy atom. The number of aliphatic hydroxyl groups excluding tert-OH is 1. The number of aryl methyl sites for hydroxylation is 4. The molecule has 0 aliphatic heterocycles. The van der Waals surface area contributed by atoms with Crippen LogP contribution in [0.15, 0.2) is 6.07 Å². The average molecular weight is 393 g/mol. The molecule has 0 spiro atoms. The maximum atomic E-state index is 9.66. The van der Waals surface area contributed by atoms with Crippen molar-refractivity contribution in [2.75, 3.05) is 18.5 Å². The van der Waals surface area contributed by atoms with E-state index in [9.17, 15) is 10.4 Å². The fourth-order valence-electron chi connectivity index (χ4n) is 4.04. The van der Waals surface area contributed by atoms with Crippen molar-refractivity contribution < 1.29 is 5.11 Å². The number of nitrogens with zero attached hydrogens (tertiary/aromatic N) is 6. The number of aromatic nitrogens is 5. The summed E-state index contributed by atoms with van der Waals surface area (Å²) in [4.78, 5) is 4.72. The minimum Gasteiger partial charge on any atom is -0.394 e. The van der Waals surface area contributed by atoms with Crippen molar-refractivity contribution in [1.82, 2.24) is 24.4 Å². The first kappa shape index (κ1) is 19.4. The predicted molar refractivity (Wildman–Crippen MR) is 110 cm³/mol. The number of nitrogens with one attached hydrogen (secondary N) is 1. The lowest BCUT2D eigenvalue weighted by Crippen LogP contribution is -2.24. The van der Waals surface area contributed by atoms with Crippen molar-refractivity contribution in [2.45, 2.75) is 58.9 Å². The van der Waals surface area contributed by atoms with Crippen LogP contribution in [0.1, 0.15) is 53.7 Å². The number of nitriles is 1. The van der Waals surface area contributed by atoms with Gasteiger partial charge in [0.15, 0.2) is 5.65 Å². The van der Waals surface area contributed by atoms with Gasteiger partial charge >= 0.3 is 0 Å². The summed E-state index contributed by atoms with van der Waals surface area (Å²) in [5, 5.41) is 31.9. The molecule has 1 aliphatic carbocycles. The van der Waals surface area contributed by atoms with Crippen molar-refractivity contribution in [3.63, 3.8) is 0 Å². The zero-order valence-corrected chi connectivity index (χ0v) is 17.5. The molecule has 152 valence electrons. The Hall–Kier alpha value is -2.92. The lowest BCUT2D eigenvalue weighted by molar-refractivity contribution is 0.200. The molecular formula is C21H27N7O. The Kier molecular flexibility index (Phi) is 4.79. The SMILES string of the molecule is CCc1c(C)nn2c(C)c(C#N)c(NCCc3cc(C)n(C4(CO)CC4)n3)nc12. The molecule has 4 rings (SSSR count). The Morgan fingerprint density at radius 1 is 1.28 bits per heavy atom. The summed E-state index contributed by atoms with van der Waals surface area (Å²) >= 11 is 0. The Morgan fingerprint density at radius 2 is 2.03 bits per heavy atom. The molecule has 2 N–H and O–H groups in total. The van der Waals surface area contributed by atoms with E-state index in [2.05, 4.69) is 29.5 Å². The van der Waals surface area contributed by atoms with Gasteiger partial charge in [-0.1, -0.05) is 6.92 Å². The first-order valence-electron chi connectivity index (χ1n) is 10.1. The van der Waals surface area contributed by atoms with E-state index in [1.165, 1.54) is 0 Å². The van der Waals surface area contributed by atoms with E-state index in [1.54, 1.807) is 4.52 Å². The van der Waals surface area contributed by atoms with Crippen LogP contribution < -0.4 is 5.32 Å². The largest absolute Gasteiger partial charge is 0.394 e. The van der Waals surface area contributed by atoms with Gasteiger partial charge in [-0.2, -0.15) is 15.5 Å². The number of hydrogen-bond acceptors (Lipinski definition) is 6. The molecule has 1 saturated carbocycles. The first-order chi connectivity index (χ1) is 13.9. The second-order valence-electron chi connectivity index (χ2n) is 7.93. The number of fused-ring (bicyclic) bond motifs is 1. The summed E-state index contributed by atoms with van der Waals surface area (Å²) in [5.74, 6) is 0.595. The Labute approximate surface area is 170 Å². The predicted octanol–water partition coefficient (Wildman–Crippen LogP) is 2.42. The zero-order chi connectivity index (χ0) is 20.8. The van der Waals surface area contributed by atoms with Crippen molar-refractivity contribution in [3.8, 4) is 6.07 Å². The van der Waals surface area contributed by atoms with Gasteiger partial charge in [-0.15, -0.1) is 0 Å². The molecule has 1 aliphatic rings. The molecule has 8 heteroatoms. The molecular weight excluding hydrogens is 366 g/mol. The first-order valence-corrected chi connectivity index (χ1v) is 10.1. The second-order valence-corrected chi connectivity index (χ2v) is 7.93. The number of anilines is 1. The van der Waals surface area contributed by atoms with Crippen LogP contribution >= 0.6 is 0 Å². The highest BCUT2D eigenvalue weighted by molar-refractivity contribution is 5.62. The zero-order valence-electron chi connectivity index (χ0n) is 17.5. The van der Waals surface area contributed by atoms with Crippen molar-refractivity contribution in [2.24, 2.45) is 0 Å². The molecule has 0 radical (unpaired) electrons. The van der Waals surface area contributed by atoms with E-state index >= 15 is 0 Å². The summed E-state index contributed by atoms with van der Waals surface area (Å²) in [5.41, 5.74) is 6.02. The summed E-state index contributed by atoms with van der Waals surface area (Å²) in [7, 11) is 0. The van der Waals surface area contributed by atoms with Crippen LogP contribution in [-0.4, -0.2) is 42.6 Å². The van der Waals surface area contributed by atoms with E-state index < -0.39 is 0 Å². The van der Waals surface area contributed by atoms with E-state index in [0.29, 0.717) is 24.3 Å². The highest BCUT2D eigenvalue weighted by Crippen LogP contribution is 2.43. The number of rotatable bonds is 7. The Bertz CT molecular complexity index is 1110. The van der Waals surface area contributed by atoms with Crippen molar-refractivity contribution in [1.29, 1.82) is 5.26 Å². The Balaban J connectivity index is 1.56. The smallest absolute Gasteiger partial charge is 0.161 e. The van der Waals surface area contributed by atoms with Crippen LogP contribution in [0.3, 0.4) is 0 Å². The molecule has 0 bridgehead atoms. The van der Waals surface area contributed by atoms with Crippen molar-refractivity contribution >= 4 is 11.5 Å². The highest BCUT2D eigenvalue weighted by Gasteiger charge is 2.45. The minimum atomic E-state index is -0.191. The van der Waals surface area contributed by atoms with Gasteiger partial charge in [0.1, 0.15) is 17.5 Å². The van der Waals surface area contributed by atoms with Gasteiger partial charge < -0.3 is 10.4 Å². The normalized spacial score (nSPS) is 14.9. The monoisotopic (exact) mass is 393 g/mol. The third-order valence-electron chi connectivity index (χ3n) is 5.94. The maximum Gasteiger partial charge on any atom is 0.161 e. The molecule has 0 saturated heterocycles. The van der Waals surface area contributed by atoms with Crippen LogP contribution in [0.2, 0.25) is 0 Å². The molecule has 29 heavy (non-hydrogen) atoms. The van der Waals surface area contributed by atoms with Gasteiger partial charge in [0.05, 0.1) is 29.2 Å².